The Balaban J connectivity index is 2.08. The molecule has 0 atom stereocenters. The maximum atomic E-state index is 4.60. The Morgan fingerprint density at radius 1 is 1.17 bits per heavy atom. The molecule has 2 aromatic carbocycles. The molecule has 5 rings (SSSR count). The van der Waals surface area contributed by atoms with Gasteiger partial charge >= 0.3 is 0 Å². The smallest absolute Gasteiger partial charge is 0.197 e. The summed E-state index contributed by atoms with van der Waals surface area (Å²) >= 11 is 0. The first-order chi connectivity index (χ1) is 8.90. The number of imidazole rings is 1. The van der Waals surface area contributed by atoms with E-state index < -0.39 is 0 Å². The summed E-state index contributed by atoms with van der Waals surface area (Å²) in [5, 5.41) is 4.51. The average molecular weight is 230 g/mol. The maximum absolute atomic E-state index is 4.60. The number of aliphatic imine (C=N–C) groups is 1. The summed E-state index contributed by atoms with van der Waals surface area (Å²) in [6, 6.07) is 13.2. The Hall–Kier alpha value is -2.62. The summed E-state index contributed by atoms with van der Waals surface area (Å²) in [5.41, 5.74) is 5.82. The van der Waals surface area contributed by atoms with Crippen molar-refractivity contribution in [3.8, 4) is 11.1 Å². The van der Waals surface area contributed by atoms with E-state index in [0.717, 1.165) is 39.4 Å². The predicted molar refractivity (Wildman–Crippen MR) is 68.4 cm³/mol. The van der Waals surface area contributed by atoms with E-state index in [-0.39, 0.29) is 0 Å². The third-order valence-corrected chi connectivity index (χ3v) is 3.39. The van der Waals surface area contributed by atoms with Crippen LogP contribution in [0.1, 0.15) is 5.82 Å². The van der Waals surface area contributed by atoms with Gasteiger partial charge < -0.3 is 4.98 Å². The molecule has 4 nitrogen and oxygen atoms in total. The molecule has 2 aliphatic rings. The summed E-state index contributed by atoms with van der Waals surface area (Å²) < 4.78 is 0. The zero-order valence-corrected chi connectivity index (χ0v) is 9.23. The van der Waals surface area contributed by atoms with Gasteiger partial charge in [-0.3, -0.25) is 0 Å². The van der Waals surface area contributed by atoms with Gasteiger partial charge in [-0.15, -0.1) is 0 Å². The van der Waals surface area contributed by atoms with Crippen molar-refractivity contribution < 1.29 is 0 Å². The molecule has 0 saturated carbocycles. The van der Waals surface area contributed by atoms with Gasteiger partial charge in [0.15, 0.2) is 11.7 Å². The molecule has 0 spiro atoms. The van der Waals surface area contributed by atoms with Gasteiger partial charge in [0.05, 0.1) is 22.4 Å². The van der Waals surface area contributed by atoms with E-state index in [2.05, 4.69) is 32.4 Å². The van der Waals surface area contributed by atoms with E-state index >= 15 is 0 Å². The number of aromatic amines is 1. The van der Waals surface area contributed by atoms with Crippen LogP contribution in [0.4, 0.5) is 11.4 Å². The van der Waals surface area contributed by atoms with Crippen molar-refractivity contribution >= 4 is 28.2 Å². The number of H-pyrrole nitrogens is 1. The zero-order valence-electron chi connectivity index (χ0n) is 9.23. The highest BCUT2D eigenvalue weighted by Gasteiger charge is 2.26. The van der Waals surface area contributed by atoms with Crippen LogP contribution in [0, 0.1) is 6.07 Å². The van der Waals surface area contributed by atoms with Gasteiger partial charge in [-0.2, -0.15) is 0 Å². The number of hydrogen-bond acceptors (Lipinski definition) is 2. The van der Waals surface area contributed by atoms with Gasteiger partial charge in [0.25, 0.3) is 0 Å². The monoisotopic (exact) mass is 230 g/mol. The van der Waals surface area contributed by atoms with Gasteiger partial charge in [0.1, 0.15) is 0 Å². The van der Waals surface area contributed by atoms with E-state index in [1.54, 1.807) is 0 Å². The standard InChI is InChI=1S/C14H6N4/c1-3-7-8-4-2-6-10-12(8)18-14(16-10)13-15-9(5-1)11(7)17-13/h1-3,5-6H,(H,15,17). The third-order valence-electron chi connectivity index (χ3n) is 3.39. The van der Waals surface area contributed by atoms with Crippen molar-refractivity contribution in [2.24, 2.45) is 4.99 Å². The lowest BCUT2D eigenvalue weighted by atomic mass is 10.0. The van der Waals surface area contributed by atoms with Crippen LogP contribution in [0.5, 0.6) is 0 Å². The van der Waals surface area contributed by atoms with Crippen LogP contribution in [0.3, 0.4) is 0 Å². The minimum Gasteiger partial charge on any atom is -0.335 e. The van der Waals surface area contributed by atoms with E-state index in [0.29, 0.717) is 5.84 Å². The van der Waals surface area contributed by atoms with E-state index in [9.17, 15) is 0 Å². The van der Waals surface area contributed by atoms with Gasteiger partial charge in [0, 0.05) is 11.1 Å². The SMILES string of the molecule is [c]1ccc2c3c1-c1cccc4[nH]c(nc14)C(=N3)[N]2. The largest absolute Gasteiger partial charge is 0.335 e. The normalized spacial score (nSPS) is 14.3. The number of benzene rings is 2. The third kappa shape index (κ3) is 0.841. The van der Waals surface area contributed by atoms with E-state index in [1.165, 1.54) is 0 Å². The van der Waals surface area contributed by atoms with Crippen LogP contribution in [-0.4, -0.2) is 15.8 Å². The van der Waals surface area contributed by atoms with Crippen molar-refractivity contribution in [1.82, 2.24) is 15.3 Å². The van der Waals surface area contributed by atoms with Crippen molar-refractivity contribution in [3.63, 3.8) is 0 Å². The van der Waals surface area contributed by atoms with Crippen molar-refractivity contribution in [1.29, 1.82) is 0 Å². The molecular weight excluding hydrogens is 224 g/mol. The maximum Gasteiger partial charge on any atom is 0.197 e. The zero-order chi connectivity index (χ0) is 11.7. The minimum atomic E-state index is 0.660. The summed E-state index contributed by atoms with van der Waals surface area (Å²) in [6.45, 7) is 0. The summed E-state index contributed by atoms with van der Waals surface area (Å²) in [7, 11) is 0. The summed E-state index contributed by atoms with van der Waals surface area (Å²) in [4.78, 5) is 12.4. The van der Waals surface area contributed by atoms with Crippen molar-refractivity contribution in [2.75, 3.05) is 0 Å². The lowest BCUT2D eigenvalue weighted by Crippen LogP contribution is -2.09. The first-order valence-corrected chi connectivity index (χ1v) is 5.75. The molecule has 0 amide bonds. The summed E-state index contributed by atoms with van der Waals surface area (Å²) in [5.74, 6) is 1.40. The molecule has 4 heteroatoms. The number of amidine groups is 1. The number of aromatic nitrogens is 2. The molecule has 3 heterocycles. The van der Waals surface area contributed by atoms with E-state index in [4.69, 9.17) is 0 Å². The van der Waals surface area contributed by atoms with Gasteiger partial charge in [-0.25, -0.2) is 15.3 Å². The molecule has 0 unspecified atom stereocenters. The number of hydrogen-bond donors (Lipinski definition) is 1. The second-order valence-electron chi connectivity index (χ2n) is 4.42. The molecule has 4 bridgehead atoms. The Labute approximate surface area is 102 Å². The second kappa shape index (κ2) is 2.61. The molecule has 18 heavy (non-hydrogen) atoms. The molecule has 1 aromatic heterocycles. The number of fused-ring (bicyclic) bond motifs is 3. The van der Waals surface area contributed by atoms with Crippen LogP contribution in [0.15, 0.2) is 35.3 Å². The van der Waals surface area contributed by atoms with Crippen LogP contribution in [-0.2, 0) is 0 Å². The molecule has 0 fully saturated rings. The molecule has 82 valence electrons. The molecule has 3 aromatic rings. The molecule has 0 aliphatic carbocycles. The fourth-order valence-corrected chi connectivity index (χ4v) is 2.58. The fraction of sp³-hybridized carbons (Fsp3) is 0. The number of nitrogens with one attached hydrogen (secondary N) is 1. The molecule has 2 radical (unpaired) electrons. The molecular formula is C14H6N4. The average Bonchev–Trinajstić information content (AvgIpc) is 2.99. The number of rotatable bonds is 0. The van der Waals surface area contributed by atoms with Crippen LogP contribution in [0.25, 0.3) is 22.2 Å². The van der Waals surface area contributed by atoms with Gasteiger partial charge in [-0.05, 0) is 18.2 Å². The Bertz CT molecular complexity index is 857. The topological polar surface area (TPSA) is 55.1 Å². The Kier molecular flexibility index (Phi) is 1.23. The van der Waals surface area contributed by atoms with Crippen LogP contribution >= 0.6 is 0 Å². The predicted octanol–water partition coefficient (Wildman–Crippen LogP) is 2.67. The Morgan fingerprint density at radius 3 is 3.17 bits per heavy atom. The first kappa shape index (κ1) is 8.47. The molecule has 1 N–H and O–H groups in total. The number of para-hydroxylation sites is 1. The minimum absolute atomic E-state index is 0.660. The van der Waals surface area contributed by atoms with Gasteiger partial charge in [-0.1, -0.05) is 18.2 Å². The summed E-state index contributed by atoms with van der Waals surface area (Å²) in [6.07, 6.45) is 0. The lowest BCUT2D eigenvalue weighted by Gasteiger charge is -2.05. The van der Waals surface area contributed by atoms with Gasteiger partial charge in [0.2, 0.25) is 0 Å². The fourth-order valence-electron chi connectivity index (χ4n) is 2.58. The highest BCUT2D eigenvalue weighted by molar-refractivity contribution is 6.12. The first-order valence-electron chi connectivity index (χ1n) is 5.75. The Morgan fingerprint density at radius 2 is 2.17 bits per heavy atom. The van der Waals surface area contributed by atoms with Crippen LogP contribution in [0.2, 0.25) is 0 Å². The number of nitrogens with zero attached hydrogens (tertiary/aromatic N) is 3. The highest BCUT2D eigenvalue weighted by Crippen LogP contribution is 2.43. The van der Waals surface area contributed by atoms with E-state index in [1.807, 2.05) is 24.3 Å². The lowest BCUT2D eigenvalue weighted by molar-refractivity contribution is 1.21. The quantitative estimate of drug-likeness (QED) is 0.634. The van der Waals surface area contributed by atoms with Crippen LogP contribution < -0.4 is 5.32 Å². The van der Waals surface area contributed by atoms with Crippen molar-refractivity contribution in [3.05, 3.63) is 42.2 Å². The second-order valence-corrected chi connectivity index (χ2v) is 4.42. The molecule has 2 aliphatic heterocycles. The molecule has 0 saturated heterocycles. The highest BCUT2D eigenvalue weighted by atomic mass is 15.1. The van der Waals surface area contributed by atoms with Crippen molar-refractivity contribution in [2.45, 2.75) is 0 Å².